The fraction of sp³-hybridized carbons (Fsp3) is 0.500. The van der Waals surface area contributed by atoms with E-state index in [-0.39, 0.29) is 5.97 Å². The summed E-state index contributed by atoms with van der Waals surface area (Å²) < 4.78 is 7.07. The van der Waals surface area contributed by atoms with Gasteiger partial charge in [0.1, 0.15) is 0 Å². The molecule has 76 valence electrons. The Labute approximate surface area is 82.9 Å². The van der Waals surface area contributed by atoms with Crippen LogP contribution in [0.1, 0.15) is 23.0 Å². The van der Waals surface area contributed by atoms with Crippen molar-refractivity contribution in [1.82, 2.24) is 9.88 Å². The second kappa shape index (κ2) is 3.84. The average Bonchev–Trinajstić information content (AvgIpc) is 2.61. The lowest BCUT2D eigenvalue weighted by molar-refractivity contribution is 0.0524. The first kappa shape index (κ1) is 9.27. The van der Waals surface area contributed by atoms with Crippen LogP contribution >= 0.6 is 0 Å². The molecule has 1 aromatic rings. The SMILES string of the molecule is CCOC(=O)c1ccn2c1CNCC2. The van der Waals surface area contributed by atoms with Crippen molar-refractivity contribution in [2.75, 3.05) is 13.2 Å². The van der Waals surface area contributed by atoms with Gasteiger partial charge < -0.3 is 14.6 Å². The van der Waals surface area contributed by atoms with E-state index >= 15 is 0 Å². The number of hydrogen-bond donors (Lipinski definition) is 1. The first-order valence-electron chi connectivity index (χ1n) is 4.88. The molecule has 1 N–H and O–H groups in total. The van der Waals surface area contributed by atoms with Crippen molar-refractivity contribution >= 4 is 5.97 Å². The van der Waals surface area contributed by atoms with E-state index in [0.717, 1.165) is 25.3 Å². The third kappa shape index (κ3) is 1.53. The first-order chi connectivity index (χ1) is 6.83. The molecule has 0 radical (unpaired) electrons. The molecule has 1 aliphatic rings. The fourth-order valence-electron chi connectivity index (χ4n) is 1.71. The van der Waals surface area contributed by atoms with Crippen LogP contribution in [0.2, 0.25) is 0 Å². The zero-order chi connectivity index (χ0) is 9.97. The average molecular weight is 194 g/mol. The fourth-order valence-corrected chi connectivity index (χ4v) is 1.71. The van der Waals surface area contributed by atoms with E-state index in [4.69, 9.17) is 4.74 Å². The van der Waals surface area contributed by atoms with E-state index in [1.165, 1.54) is 0 Å². The van der Waals surface area contributed by atoms with Gasteiger partial charge in [0, 0.05) is 31.5 Å². The maximum absolute atomic E-state index is 11.5. The number of nitrogens with zero attached hydrogens (tertiary/aromatic N) is 1. The molecule has 0 atom stereocenters. The summed E-state index contributed by atoms with van der Waals surface area (Å²) in [6.07, 6.45) is 1.95. The minimum Gasteiger partial charge on any atom is -0.462 e. The molecule has 0 amide bonds. The Bertz CT molecular complexity index is 344. The molecule has 2 heterocycles. The molecule has 0 saturated carbocycles. The van der Waals surface area contributed by atoms with Crippen LogP contribution in [0.3, 0.4) is 0 Å². The Kier molecular flexibility index (Phi) is 2.54. The summed E-state index contributed by atoms with van der Waals surface area (Å²) in [5.74, 6) is -0.218. The molecule has 4 nitrogen and oxygen atoms in total. The minimum atomic E-state index is -0.218. The van der Waals surface area contributed by atoms with Crippen LogP contribution in [0, 0.1) is 0 Å². The van der Waals surface area contributed by atoms with Crippen LogP contribution in [0.4, 0.5) is 0 Å². The third-order valence-corrected chi connectivity index (χ3v) is 2.40. The van der Waals surface area contributed by atoms with Gasteiger partial charge in [-0.15, -0.1) is 0 Å². The Morgan fingerprint density at radius 3 is 3.36 bits per heavy atom. The summed E-state index contributed by atoms with van der Waals surface area (Å²) in [4.78, 5) is 11.5. The van der Waals surface area contributed by atoms with Gasteiger partial charge in [-0.05, 0) is 13.0 Å². The van der Waals surface area contributed by atoms with Gasteiger partial charge in [-0.2, -0.15) is 0 Å². The highest BCUT2D eigenvalue weighted by Crippen LogP contribution is 2.14. The van der Waals surface area contributed by atoms with Crippen molar-refractivity contribution in [2.45, 2.75) is 20.0 Å². The summed E-state index contributed by atoms with van der Waals surface area (Å²) in [6, 6.07) is 1.83. The normalized spacial score (nSPS) is 14.9. The molecule has 2 rings (SSSR count). The second-order valence-electron chi connectivity index (χ2n) is 3.27. The zero-order valence-corrected chi connectivity index (χ0v) is 8.25. The Morgan fingerprint density at radius 2 is 2.57 bits per heavy atom. The second-order valence-corrected chi connectivity index (χ2v) is 3.27. The van der Waals surface area contributed by atoms with Crippen molar-refractivity contribution in [3.63, 3.8) is 0 Å². The summed E-state index contributed by atoms with van der Waals surface area (Å²) in [5, 5.41) is 3.24. The molecule has 4 heteroatoms. The van der Waals surface area contributed by atoms with E-state index in [2.05, 4.69) is 9.88 Å². The van der Waals surface area contributed by atoms with Gasteiger partial charge in [0.05, 0.1) is 12.2 Å². The van der Waals surface area contributed by atoms with Crippen LogP contribution < -0.4 is 5.32 Å². The number of ether oxygens (including phenoxy) is 1. The number of aromatic nitrogens is 1. The molecule has 1 aromatic heterocycles. The summed E-state index contributed by atoms with van der Waals surface area (Å²) in [6.45, 7) is 4.88. The van der Waals surface area contributed by atoms with Gasteiger partial charge in [0.2, 0.25) is 0 Å². The highest BCUT2D eigenvalue weighted by Gasteiger charge is 2.18. The zero-order valence-electron chi connectivity index (χ0n) is 8.25. The van der Waals surface area contributed by atoms with E-state index in [9.17, 15) is 4.79 Å². The van der Waals surface area contributed by atoms with Crippen LogP contribution in [0.15, 0.2) is 12.3 Å². The molecular weight excluding hydrogens is 180 g/mol. The lowest BCUT2D eigenvalue weighted by Gasteiger charge is -2.17. The Balaban J connectivity index is 2.25. The van der Waals surface area contributed by atoms with Crippen LogP contribution in [0.25, 0.3) is 0 Å². The standard InChI is InChI=1S/C10H14N2O2/c1-2-14-10(13)8-3-5-12-6-4-11-7-9(8)12/h3,5,11H,2,4,6-7H2,1H3. The monoisotopic (exact) mass is 194 g/mol. The molecule has 0 aliphatic carbocycles. The number of fused-ring (bicyclic) bond motifs is 1. The van der Waals surface area contributed by atoms with Crippen molar-refractivity contribution in [2.24, 2.45) is 0 Å². The highest BCUT2D eigenvalue weighted by molar-refractivity contribution is 5.90. The molecule has 0 unspecified atom stereocenters. The van der Waals surface area contributed by atoms with Gasteiger partial charge in [0.15, 0.2) is 0 Å². The highest BCUT2D eigenvalue weighted by atomic mass is 16.5. The molecule has 0 bridgehead atoms. The van der Waals surface area contributed by atoms with Crippen LogP contribution in [0.5, 0.6) is 0 Å². The van der Waals surface area contributed by atoms with Gasteiger partial charge in [-0.25, -0.2) is 4.79 Å². The van der Waals surface area contributed by atoms with E-state index < -0.39 is 0 Å². The quantitative estimate of drug-likeness (QED) is 0.707. The Morgan fingerprint density at radius 1 is 1.71 bits per heavy atom. The smallest absolute Gasteiger partial charge is 0.340 e. The number of nitrogens with one attached hydrogen (secondary N) is 1. The number of carbonyl (C=O) groups excluding carboxylic acids is 1. The van der Waals surface area contributed by atoms with Crippen LogP contribution in [-0.4, -0.2) is 23.7 Å². The van der Waals surface area contributed by atoms with E-state index in [0.29, 0.717) is 12.2 Å². The van der Waals surface area contributed by atoms with Gasteiger partial charge in [0.25, 0.3) is 0 Å². The van der Waals surface area contributed by atoms with Gasteiger partial charge in [-0.3, -0.25) is 0 Å². The summed E-state index contributed by atoms with van der Waals surface area (Å²) in [5.41, 5.74) is 1.73. The third-order valence-electron chi connectivity index (χ3n) is 2.40. The number of carbonyl (C=O) groups is 1. The van der Waals surface area contributed by atoms with Crippen LogP contribution in [-0.2, 0) is 17.8 Å². The van der Waals surface area contributed by atoms with E-state index in [1.807, 2.05) is 19.2 Å². The maximum atomic E-state index is 11.5. The predicted molar refractivity (Wildman–Crippen MR) is 52.1 cm³/mol. The number of esters is 1. The van der Waals surface area contributed by atoms with Crippen molar-refractivity contribution in [3.8, 4) is 0 Å². The molecule has 0 spiro atoms. The lowest BCUT2D eigenvalue weighted by atomic mass is 10.2. The number of hydrogen-bond acceptors (Lipinski definition) is 3. The van der Waals surface area contributed by atoms with Crippen molar-refractivity contribution in [3.05, 3.63) is 23.5 Å². The van der Waals surface area contributed by atoms with E-state index in [1.54, 1.807) is 0 Å². The topological polar surface area (TPSA) is 43.3 Å². The molecule has 0 fully saturated rings. The van der Waals surface area contributed by atoms with Crippen molar-refractivity contribution < 1.29 is 9.53 Å². The predicted octanol–water partition coefficient (Wildman–Crippen LogP) is 0.768. The molecule has 14 heavy (non-hydrogen) atoms. The van der Waals surface area contributed by atoms with Gasteiger partial charge in [-0.1, -0.05) is 0 Å². The summed E-state index contributed by atoms with van der Waals surface area (Å²) >= 11 is 0. The largest absolute Gasteiger partial charge is 0.462 e. The lowest BCUT2D eigenvalue weighted by Crippen LogP contribution is -2.28. The molecule has 0 saturated heterocycles. The molecule has 0 aromatic carbocycles. The van der Waals surface area contributed by atoms with Gasteiger partial charge >= 0.3 is 5.97 Å². The molecular formula is C10H14N2O2. The number of rotatable bonds is 2. The minimum absolute atomic E-state index is 0.218. The first-order valence-corrected chi connectivity index (χ1v) is 4.88. The Hall–Kier alpha value is -1.29. The maximum Gasteiger partial charge on any atom is 0.340 e. The molecule has 1 aliphatic heterocycles. The van der Waals surface area contributed by atoms with Crippen molar-refractivity contribution in [1.29, 1.82) is 0 Å². The summed E-state index contributed by atoms with van der Waals surface area (Å²) in [7, 11) is 0.